The van der Waals surface area contributed by atoms with Crippen LogP contribution in [0.25, 0.3) is 0 Å². The number of hydrogen-bond acceptors (Lipinski definition) is 1. The largest absolute Gasteiger partial charge is 0.155 e. The van der Waals surface area contributed by atoms with E-state index in [1.54, 1.807) is 12.1 Å². The Morgan fingerprint density at radius 1 is 0.652 bits per heavy atom. The standard InChI is InChI=1S/C18H18Cl4S/c1-11(3-13-5-15(19)9-16(20)6-13)23-12(2)4-14-7-17(21)10-18(22)8-14/h5-12H,3-4H2,1-2H3. The van der Waals surface area contributed by atoms with E-state index in [1.807, 2.05) is 36.0 Å². The van der Waals surface area contributed by atoms with E-state index in [9.17, 15) is 0 Å². The fraction of sp³-hybridized carbons (Fsp3) is 0.333. The molecule has 0 saturated heterocycles. The molecular formula is C18H18Cl4S. The van der Waals surface area contributed by atoms with Crippen molar-refractivity contribution in [3.63, 3.8) is 0 Å². The van der Waals surface area contributed by atoms with E-state index in [0.717, 1.165) is 12.8 Å². The first-order valence-electron chi connectivity index (χ1n) is 7.37. The van der Waals surface area contributed by atoms with Crippen LogP contribution in [0.2, 0.25) is 20.1 Å². The summed E-state index contributed by atoms with van der Waals surface area (Å²) in [6.07, 6.45) is 1.87. The summed E-state index contributed by atoms with van der Waals surface area (Å²) < 4.78 is 0. The monoisotopic (exact) mass is 406 g/mol. The quantitative estimate of drug-likeness (QED) is 0.474. The number of thioether (sulfide) groups is 1. The van der Waals surface area contributed by atoms with Crippen LogP contribution < -0.4 is 0 Å². The number of halogens is 4. The molecule has 2 unspecified atom stereocenters. The Morgan fingerprint density at radius 2 is 0.957 bits per heavy atom. The maximum absolute atomic E-state index is 6.06. The summed E-state index contributed by atoms with van der Waals surface area (Å²) in [7, 11) is 0. The van der Waals surface area contributed by atoms with Crippen molar-refractivity contribution in [3.8, 4) is 0 Å². The van der Waals surface area contributed by atoms with Crippen molar-refractivity contribution in [3.05, 3.63) is 67.6 Å². The van der Waals surface area contributed by atoms with Crippen LogP contribution in [0.5, 0.6) is 0 Å². The highest BCUT2D eigenvalue weighted by molar-refractivity contribution is 8.00. The maximum atomic E-state index is 6.06. The molecule has 0 aliphatic rings. The molecule has 2 atom stereocenters. The topological polar surface area (TPSA) is 0 Å². The van der Waals surface area contributed by atoms with Gasteiger partial charge in [-0.05, 0) is 60.4 Å². The van der Waals surface area contributed by atoms with Crippen LogP contribution in [0.15, 0.2) is 36.4 Å². The molecule has 0 heterocycles. The summed E-state index contributed by atoms with van der Waals surface area (Å²) in [5.41, 5.74) is 2.33. The summed E-state index contributed by atoms with van der Waals surface area (Å²) in [6, 6.07) is 11.4. The predicted molar refractivity (Wildman–Crippen MR) is 107 cm³/mol. The van der Waals surface area contributed by atoms with Gasteiger partial charge in [-0.2, -0.15) is 11.8 Å². The van der Waals surface area contributed by atoms with E-state index in [-0.39, 0.29) is 0 Å². The Labute approximate surface area is 162 Å². The van der Waals surface area contributed by atoms with Gasteiger partial charge < -0.3 is 0 Å². The number of rotatable bonds is 6. The Morgan fingerprint density at radius 3 is 1.26 bits per heavy atom. The minimum atomic E-state index is 0.467. The second-order valence-electron chi connectivity index (χ2n) is 5.72. The second kappa shape index (κ2) is 8.87. The maximum Gasteiger partial charge on any atom is 0.0423 e. The van der Waals surface area contributed by atoms with E-state index in [4.69, 9.17) is 46.4 Å². The molecule has 0 aliphatic heterocycles. The summed E-state index contributed by atoms with van der Waals surface area (Å²) in [4.78, 5) is 0. The van der Waals surface area contributed by atoms with Crippen LogP contribution in [-0.2, 0) is 12.8 Å². The minimum absolute atomic E-state index is 0.467. The zero-order valence-corrected chi connectivity index (χ0v) is 16.8. The van der Waals surface area contributed by atoms with Gasteiger partial charge in [-0.25, -0.2) is 0 Å². The number of benzene rings is 2. The van der Waals surface area contributed by atoms with Crippen molar-refractivity contribution in [2.45, 2.75) is 37.2 Å². The van der Waals surface area contributed by atoms with Crippen molar-refractivity contribution in [1.29, 1.82) is 0 Å². The molecule has 0 fully saturated rings. The Bertz CT molecular complexity index is 574. The van der Waals surface area contributed by atoms with E-state index < -0.39 is 0 Å². The highest BCUT2D eigenvalue weighted by Crippen LogP contribution is 2.28. The molecule has 0 radical (unpaired) electrons. The lowest BCUT2D eigenvalue weighted by Gasteiger charge is -2.18. The van der Waals surface area contributed by atoms with Gasteiger partial charge in [0.1, 0.15) is 0 Å². The summed E-state index contributed by atoms with van der Waals surface area (Å²) in [5.74, 6) is 0. The fourth-order valence-electron chi connectivity index (χ4n) is 2.61. The molecule has 0 amide bonds. The van der Waals surface area contributed by atoms with Crippen LogP contribution >= 0.6 is 58.2 Å². The second-order valence-corrected chi connectivity index (χ2v) is 9.35. The zero-order chi connectivity index (χ0) is 17.0. The molecule has 0 aliphatic carbocycles. The molecule has 23 heavy (non-hydrogen) atoms. The van der Waals surface area contributed by atoms with Crippen LogP contribution in [0.1, 0.15) is 25.0 Å². The van der Waals surface area contributed by atoms with E-state index in [2.05, 4.69) is 13.8 Å². The molecule has 0 nitrogen and oxygen atoms in total. The van der Waals surface area contributed by atoms with Gasteiger partial charge in [0.05, 0.1) is 0 Å². The summed E-state index contributed by atoms with van der Waals surface area (Å²) in [5, 5.41) is 3.68. The Balaban J connectivity index is 1.92. The Hall–Kier alpha value is -0.0500. The van der Waals surface area contributed by atoms with Crippen molar-refractivity contribution >= 4 is 58.2 Å². The number of hydrogen-bond donors (Lipinski definition) is 0. The van der Waals surface area contributed by atoms with Crippen molar-refractivity contribution in [2.75, 3.05) is 0 Å². The zero-order valence-electron chi connectivity index (χ0n) is 13.0. The molecule has 5 heteroatoms. The lowest BCUT2D eigenvalue weighted by atomic mass is 10.1. The fourth-order valence-corrected chi connectivity index (χ4v) is 5.13. The SMILES string of the molecule is CC(Cc1cc(Cl)cc(Cl)c1)SC(C)Cc1cc(Cl)cc(Cl)c1. The van der Waals surface area contributed by atoms with Crippen LogP contribution in [0.3, 0.4) is 0 Å². The first kappa shape index (κ1) is 19.3. The van der Waals surface area contributed by atoms with E-state index >= 15 is 0 Å². The van der Waals surface area contributed by atoms with Crippen molar-refractivity contribution < 1.29 is 0 Å². The molecular weight excluding hydrogens is 390 g/mol. The van der Waals surface area contributed by atoms with Crippen molar-refractivity contribution in [1.82, 2.24) is 0 Å². The van der Waals surface area contributed by atoms with Gasteiger partial charge in [0, 0.05) is 30.6 Å². The Kier molecular flexibility index (Phi) is 7.44. The highest BCUT2D eigenvalue weighted by Gasteiger charge is 2.12. The molecule has 2 aromatic carbocycles. The van der Waals surface area contributed by atoms with Crippen LogP contribution in [0.4, 0.5) is 0 Å². The average molecular weight is 408 g/mol. The third kappa shape index (κ3) is 6.76. The van der Waals surface area contributed by atoms with Gasteiger partial charge in [0.15, 0.2) is 0 Å². The average Bonchev–Trinajstić information content (AvgIpc) is 2.34. The van der Waals surface area contributed by atoms with Crippen LogP contribution in [0, 0.1) is 0 Å². The first-order chi connectivity index (χ1) is 10.8. The molecule has 0 aromatic heterocycles. The summed E-state index contributed by atoms with van der Waals surface area (Å²) >= 11 is 26.2. The smallest absolute Gasteiger partial charge is 0.0423 e. The molecule has 124 valence electrons. The first-order valence-corrected chi connectivity index (χ1v) is 9.82. The van der Waals surface area contributed by atoms with Gasteiger partial charge in [-0.1, -0.05) is 60.3 Å². The lowest BCUT2D eigenvalue weighted by molar-refractivity contribution is 0.895. The minimum Gasteiger partial charge on any atom is -0.155 e. The third-order valence-corrected chi connectivity index (χ3v) is 5.49. The van der Waals surface area contributed by atoms with Gasteiger partial charge >= 0.3 is 0 Å². The van der Waals surface area contributed by atoms with E-state index in [1.165, 1.54) is 11.1 Å². The summed E-state index contributed by atoms with van der Waals surface area (Å²) in [6.45, 7) is 4.45. The van der Waals surface area contributed by atoms with Gasteiger partial charge in [0.2, 0.25) is 0 Å². The van der Waals surface area contributed by atoms with Crippen molar-refractivity contribution in [2.24, 2.45) is 0 Å². The normalized spacial score (nSPS) is 13.8. The molecule has 2 aromatic rings. The van der Waals surface area contributed by atoms with Gasteiger partial charge in [-0.15, -0.1) is 0 Å². The predicted octanol–water partition coefficient (Wildman–Crippen LogP) is 7.60. The van der Waals surface area contributed by atoms with Gasteiger partial charge in [0.25, 0.3) is 0 Å². The molecule has 0 spiro atoms. The molecule has 0 bridgehead atoms. The highest BCUT2D eigenvalue weighted by atomic mass is 35.5. The molecule has 0 saturated carbocycles. The molecule has 0 N–H and O–H groups in total. The molecule has 2 rings (SSSR count). The van der Waals surface area contributed by atoms with Crippen LogP contribution in [-0.4, -0.2) is 10.5 Å². The van der Waals surface area contributed by atoms with Gasteiger partial charge in [-0.3, -0.25) is 0 Å². The van der Waals surface area contributed by atoms with E-state index in [0.29, 0.717) is 30.6 Å². The lowest BCUT2D eigenvalue weighted by Crippen LogP contribution is -2.10. The third-order valence-electron chi connectivity index (χ3n) is 3.36.